The van der Waals surface area contributed by atoms with Gasteiger partial charge in [-0.1, -0.05) is 41.4 Å². The molecule has 0 aliphatic rings. The van der Waals surface area contributed by atoms with Gasteiger partial charge in [-0.05, 0) is 39.7 Å². The highest BCUT2D eigenvalue weighted by Gasteiger charge is 2.17. The lowest BCUT2D eigenvalue weighted by Crippen LogP contribution is -2.05. The Kier molecular flexibility index (Phi) is 4.85. The predicted octanol–water partition coefficient (Wildman–Crippen LogP) is 5.17. The molecular formula is C14H10BrCl2FO. The Balaban J connectivity index is 2.25. The van der Waals surface area contributed by atoms with E-state index in [1.807, 2.05) is 6.07 Å². The molecule has 5 heteroatoms. The molecule has 2 aromatic carbocycles. The summed E-state index contributed by atoms with van der Waals surface area (Å²) >= 11 is 14.8. The Labute approximate surface area is 129 Å². The Morgan fingerprint density at radius 3 is 2.63 bits per heavy atom. The Morgan fingerprint density at radius 2 is 1.95 bits per heavy atom. The average Bonchev–Trinajstić information content (AvgIpc) is 2.36. The number of aliphatic hydroxyl groups excluding tert-OH is 1. The van der Waals surface area contributed by atoms with Crippen molar-refractivity contribution in [2.45, 2.75) is 12.5 Å². The van der Waals surface area contributed by atoms with Gasteiger partial charge in [0.2, 0.25) is 0 Å². The van der Waals surface area contributed by atoms with Crippen LogP contribution >= 0.6 is 39.1 Å². The van der Waals surface area contributed by atoms with Crippen molar-refractivity contribution < 1.29 is 9.50 Å². The molecule has 1 unspecified atom stereocenters. The molecule has 0 spiro atoms. The van der Waals surface area contributed by atoms with E-state index in [0.717, 1.165) is 5.56 Å². The summed E-state index contributed by atoms with van der Waals surface area (Å²) in [5.41, 5.74) is 1.01. The van der Waals surface area contributed by atoms with Gasteiger partial charge in [0.25, 0.3) is 0 Å². The molecule has 0 radical (unpaired) electrons. The maximum Gasteiger partial charge on any atom is 0.148 e. The summed E-state index contributed by atoms with van der Waals surface area (Å²) in [5.74, 6) is -0.606. The third-order valence-electron chi connectivity index (χ3n) is 2.74. The zero-order chi connectivity index (χ0) is 14.0. The van der Waals surface area contributed by atoms with E-state index in [2.05, 4.69) is 15.9 Å². The van der Waals surface area contributed by atoms with Crippen molar-refractivity contribution in [1.29, 1.82) is 0 Å². The predicted molar refractivity (Wildman–Crippen MR) is 79.2 cm³/mol. The Morgan fingerprint density at radius 1 is 1.21 bits per heavy atom. The van der Waals surface area contributed by atoms with Crippen LogP contribution in [0.15, 0.2) is 40.9 Å². The van der Waals surface area contributed by atoms with Crippen molar-refractivity contribution in [3.63, 3.8) is 0 Å². The van der Waals surface area contributed by atoms with Crippen LogP contribution < -0.4 is 0 Å². The van der Waals surface area contributed by atoms with E-state index >= 15 is 0 Å². The molecule has 0 fully saturated rings. The lowest BCUT2D eigenvalue weighted by Gasteiger charge is -2.13. The van der Waals surface area contributed by atoms with Gasteiger partial charge in [-0.15, -0.1) is 0 Å². The molecule has 1 nitrogen and oxygen atoms in total. The highest BCUT2D eigenvalue weighted by atomic mass is 79.9. The number of halogens is 4. The van der Waals surface area contributed by atoms with E-state index in [-0.39, 0.29) is 17.0 Å². The first-order chi connectivity index (χ1) is 8.99. The van der Waals surface area contributed by atoms with E-state index in [1.54, 1.807) is 24.3 Å². The van der Waals surface area contributed by atoms with Crippen molar-refractivity contribution in [3.05, 3.63) is 67.9 Å². The van der Waals surface area contributed by atoms with Crippen LogP contribution in [0.25, 0.3) is 0 Å². The molecule has 1 N–H and O–H groups in total. The highest BCUT2D eigenvalue weighted by molar-refractivity contribution is 9.10. The number of aliphatic hydroxyl groups is 1. The van der Waals surface area contributed by atoms with E-state index in [1.165, 1.54) is 6.07 Å². The second kappa shape index (κ2) is 6.23. The second-order valence-electron chi connectivity index (χ2n) is 4.11. The lowest BCUT2D eigenvalue weighted by molar-refractivity contribution is 0.173. The SMILES string of the molecule is OC(Cc1cccc(Cl)c1)c1ccc(Br)c(Cl)c1F. The second-order valence-corrected chi connectivity index (χ2v) is 5.78. The van der Waals surface area contributed by atoms with Crippen molar-refractivity contribution in [2.24, 2.45) is 0 Å². The molecule has 0 heterocycles. The molecule has 0 saturated heterocycles. The molecule has 0 amide bonds. The van der Waals surface area contributed by atoms with Crippen LogP contribution in [0.1, 0.15) is 17.2 Å². The summed E-state index contributed by atoms with van der Waals surface area (Å²) in [6.07, 6.45) is -0.695. The molecule has 1 atom stereocenters. The first kappa shape index (κ1) is 14.8. The summed E-state index contributed by atoms with van der Waals surface area (Å²) in [6, 6.07) is 10.2. The van der Waals surface area contributed by atoms with Crippen molar-refractivity contribution in [3.8, 4) is 0 Å². The van der Waals surface area contributed by atoms with Crippen LogP contribution in [0.3, 0.4) is 0 Å². The summed E-state index contributed by atoms with van der Waals surface area (Å²) in [6.45, 7) is 0. The van der Waals surface area contributed by atoms with Gasteiger partial charge >= 0.3 is 0 Å². The summed E-state index contributed by atoms with van der Waals surface area (Å²) < 4.78 is 14.4. The standard InChI is InChI=1S/C14H10BrCl2FO/c15-11-5-4-10(14(18)13(11)17)12(19)7-8-2-1-3-9(16)6-8/h1-6,12,19H,7H2. The minimum absolute atomic E-state index is 0.0253. The summed E-state index contributed by atoms with van der Waals surface area (Å²) in [5, 5.41) is 10.7. The van der Waals surface area contributed by atoms with E-state index < -0.39 is 11.9 Å². The van der Waals surface area contributed by atoms with Crippen molar-refractivity contribution in [1.82, 2.24) is 0 Å². The fourth-order valence-electron chi connectivity index (χ4n) is 1.80. The molecule has 19 heavy (non-hydrogen) atoms. The fourth-order valence-corrected chi connectivity index (χ4v) is 2.49. The number of rotatable bonds is 3. The van der Waals surface area contributed by atoms with Crippen LogP contribution in [-0.2, 0) is 6.42 Å². The molecule has 0 saturated carbocycles. The first-order valence-corrected chi connectivity index (χ1v) is 7.10. The van der Waals surface area contributed by atoms with Gasteiger partial charge in [-0.25, -0.2) is 4.39 Å². The average molecular weight is 364 g/mol. The fraction of sp³-hybridized carbons (Fsp3) is 0.143. The van der Waals surface area contributed by atoms with Gasteiger partial charge in [0.15, 0.2) is 0 Å². The van der Waals surface area contributed by atoms with Crippen LogP contribution in [0.2, 0.25) is 10.0 Å². The number of hydrogen-bond acceptors (Lipinski definition) is 1. The molecule has 0 bridgehead atoms. The van der Waals surface area contributed by atoms with Crippen LogP contribution in [0.5, 0.6) is 0 Å². The van der Waals surface area contributed by atoms with Crippen LogP contribution in [0.4, 0.5) is 4.39 Å². The highest BCUT2D eigenvalue weighted by Crippen LogP contribution is 2.31. The maximum absolute atomic E-state index is 13.9. The minimum atomic E-state index is -0.968. The topological polar surface area (TPSA) is 20.2 Å². The third-order valence-corrected chi connectivity index (χ3v) is 4.24. The van der Waals surface area contributed by atoms with Gasteiger partial charge < -0.3 is 5.11 Å². The molecule has 100 valence electrons. The van der Waals surface area contributed by atoms with E-state index in [0.29, 0.717) is 9.50 Å². The molecule has 0 aliphatic heterocycles. The number of hydrogen-bond donors (Lipinski definition) is 1. The molecule has 2 rings (SSSR count). The number of benzene rings is 2. The van der Waals surface area contributed by atoms with E-state index in [4.69, 9.17) is 23.2 Å². The zero-order valence-corrected chi connectivity index (χ0v) is 12.8. The van der Waals surface area contributed by atoms with Gasteiger partial charge in [0, 0.05) is 21.5 Å². The lowest BCUT2D eigenvalue weighted by atomic mass is 10.0. The van der Waals surface area contributed by atoms with Crippen LogP contribution in [-0.4, -0.2) is 5.11 Å². The molecule has 2 aromatic rings. The zero-order valence-electron chi connectivity index (χ0n) is 9.71. The smallest absolute Gasteiger partial charge is 0.148 e. The van der Waals surface area contributed by atoms with Gasteiger partial charge in [-0.2, -0.15) is 0 Å². The molecular weight excluding hydrogens is 354 g/mol. The quantitative estimate of drug-likeness (QED) is 0.745. The molecule has 0 aliphatic carbocycles. The maximum atomic E-state index is 13.9. The minimum Gasteiger partial charge on any atom is -0.388 e. The van der Waals surface area contributed by atoms with Crippen LogP contribution in [0, 0.1) is 5.82 Å². The monoisotopic (exact) mass is 362 g/mol. The Hall–Kier alpha value is -0.610. The Bertz CT molecular complexity index is 604. The van der Waals surface area contributed by atoms with Crippen molar-refractivity contribution in [2.75, 3.05) is 0 Å². The third kappa shape index (κ3) is 3.48. The van der Waals surface area contributed by atoms with E-state index in [9.17, 15) is 9.50 Å². The van der Waals surface area contributed by atoms with Gasteiger partial charge in [0.1, 0.15) is 5.82 Å². The molecule has 0 aromatic heterocycles. The summed E-state index contributed by atoms with van der Waals surface area (Å²) in [7, 11) is 0. The normalized spacial score (nSPS) is 12.5. The van der Waals surface area contributed by atoms with Crippen molar-refractivity contribution >= 4 is 39.1 Å². The largest absolute Gasteiger partial charge is 0.388 e. The van der Waals surface area contributed by atoms with Gasteiger partial charge in [0.05, 0.1) is 11.1 Å². The van der Waals surface area contributed by atoms with Gasteiger partial charge in [-0.3, -0.25) is 0 Å². The first-order valence-electron chi connectivity index (χ1n) is 5.55. The summed E-state index contributed by atoms with van der Waals surface area (Å²) in [4.78, 5) is 0.